The third kappa shape index (κ3) is 3.93. The molecule has 3 heterocycles. The summed E-state index contributed by atoms with van der Waals surface area (Å²) < 4.78 is 16.6. The summed E-state index contributed by atoms with van der Waals surface area (Å²) in [5.41, 5.74) is 1.36. The SMILES string of the molecule is Cc1oc(-c2cccs2)nc1COc1cccc(NC(=O)c2ccco2)c1. The van der Waals surface area contributed by atoms with Gasteiger partial charge in [0.05, 0.1) is 11.1 Å². The lowest BCUT2D eigenvalue weighted by Gasteiger charge is -2.08. The number of carbonyl (C=O) groups excluding carboxylic acids is 1. The number of aryl methyl sites for hydroxylation is 1. The van der Waals surface area contributed by atoms with E-state index in [4.69, 9.17) is 13.6 Å². The number of rotatable bonds is 6. The smallest absolute Gasteiger partial charge is 0.291 e. The number of hydrogen-bond acceptors (Lipinski definition) is 6. The summed E-state index contributed by atoms with van der Waals surface area (Å²) in [7, 11) is 0. The number of aromatic nitrogens is 1. The Kier molecular flexibility index (Phi) is 4.76. The number of furan rings is 1. The molecule has 0 saturated carbocycles. The van der Waals surface area contributed by atoms with Crippen LogP contribution in [0.1, 0.15) is 22.0 Å². The molecule has 0 spiro atoms. The molecular formula is C20H16N2O4S. The topological polar surface area (TPSA) is 77.5 Å². The molecular weight excluding hydrogens is 364 g/mol. The lowest BCUT2D eigenvalue weighted by Crippen LogP contribution is -2.10. The largest absolute Gasteiger partial charge is 0.487 e. The lowest BCUT2D eigenvalue weighted by molar-refractivity contribution is 0.0996. The van der Waals surface area contributed by atoms with Crippen molar-refractivity contribution in [3.8, 4) is 16.5 Å². The van der Waals surface area contributed by atoms with Gasteiger partial charge in [-0.25, -0.2) is 4.98 Å². The number of thiophene rings is 1. The van der Waals surface area contributed by atoms with E-state index in [-0.39, 0.29) is 18.3 Å². The molecule has 0 bridgehead atoms. The minimum atomic E-state index is -0.315. The van der Waals surface area contributed by atoms with Gasteiger partial charge >= 0.3 is 0 Å². The van der Waals surface area contributed by atoms with E-state index in [9.17, 15) is 4.79 Å². The molecule has 3 aromatic heterocycles. The van der Waals surface area contributed by atoms with E-state index in [1.807, 2.05) is 30.5 Å². The van der Waals surface area contributed by atoms with Crippen LogP contribution in [0.4, 0.5) is 5.69 Å². The predicted octanol–water partition coefficient (Wildman–Crippen LogP) is 5.14. The molecule has 0 saturated heterocycles. The Morgan fingerprint density at radius 2 is 2.15 bits per heavy atom. The molecule has 1 amide bonds. The number of carbonyl (C=O) groups is 1. The summed E-state index contributed by atoms with van der Waals surface area (Å²) in [5.74, 6) is 1.87. The Morgan fingerprint density at radius 3 is 2.93 bits per heavy atom. The van der Waals surface area contributed by atoms with Gasteiger partial charge in [0.1, 0.15) is 23.8 Å². The van der Waals surface area contributed by atoms with Crippen LogP contribution < -0.4 is 10.1 Å². The summed E-state index contributed by atoms with van der Waals surface area (Å²) in [6.07, 6.45) is 1.46. The monoisotopic (exact) mass is 380 g/mol. The van der Waals surface area contributed by atoms with Gasteiger partial charge in [0.2, 0.25) is 5.89 Å². The molecule has 0 unspecified atom stereocenters. The molecule has 1 aromatic carbocycles. The van der Waals surface area contributed by atoms with Crippen LogP contribution in [0.5, 0.6) is 5.75 Å². The van der Waals surface area contributed by atoms with Crippen LogP contribution in [0.15, 0.2) is 69.0 Å². The zero-order valence-electron chi connectivity index (χ0n) is 14.5. The third-order valence-corrected chi connectivity index (χ3v) is 4.69. The number of nitrogens with zero attached hydrogens (tertiary/aromatic N) is 1. The van der Waals surface area contributed by atoms with Crippen molar-refractivity contribution in [1.82, 2.24) is 4.98 Å². The number of anilines is 1. The van der Waals surface area contributed by atoms with Crippen molar-refractivity contribution in [3.63, 3.8) is 0 Å². The molecule has 0 atom stereocenters. The van der Waals surface area contributed by atoms with Crippen molar-refractivity contribution in [3.05, 3.63) is 77.4 Å². The summed E-state index contributed by atoms with van der Waals surface area (Å²) >= 11 is 1.57. The van der Waals surface area contributed by atoms with Crippen molar-refractivity contribution < 1.29 is 18.4 Å². The summed E-state index contributed by atoms with van der Waals surface area (Å²) in [5, 5.41) is 4.75. The van der Waals surface area contributed by atoms with Gasteiger partial charge in [-0.1, -0.05) is 12.1 Å². The molecule has 4 aromatic rings. The van der Waals surface area contributed by atoms with E-state index in [2.05, 4.69) is 10.3 Å². The Bertz CT molecular complexity index is 1040. The number of nitrogens with one attached hydrogen (secondary N) is 1. The van der Waals surface area contributed by atoms with Crippen molar-refractivity contribution in [2.45, 2.75) is 13.5 Å². The summed E-state index contributed by atoms with van der Waals surface area (Å²) in [4.78, 5) is 17.5. The second-order valence-electron chi connectivity index (χ2n) is 5.75. The summed E-state index contributed by atoms with van der Waals surface area (Å²) in [6.45, 7) is 2.14. The fourth-order valence-electron chi connectivity index (χ4n) is 2.48. The number of amides is 1. The molecule has 0 aliphatic rings. The van der Waals surface area contributed by atoms with Crippen LogP contribution in [0, 0.1) is 6.92 Å². The Morgan fingerprint density at radius 1 is 1.22 bits per heavy atom. The molecule has 27 heavy (non-hydrogen) atoms. The van der Waals surface area contributed by atoms with E-state index in [0.29, 0.717) is 17.3 Å². The second-order valence-corrected chi connectivity index (χ2v) is 6.69. The van der Waals surface area contributed by atoms with Crippen LogP contribution in [0.3, 0.4) is 0 Å². The van der Waals surface area contributed by atoms with Crippen LogP contribution in [-0.4, -0.2) is 10.9 Å². The van der Waals surface area contributed by atoms with Gasteiger partial charge in [0, 0.05) is 11.8 Å². The van der Waals surface area contributed by atoms with Gasteiger partial charge in [-0.3, -0.25) is 4.79 Å². The Balaban J connectivity index is 1.42. The van der Waals surface area contributed by atoms with Gasteiger partial charge < -0.3 is 18.9 Å². The maximum Gasteiger partial charge on any atom is 0.291 e. The highest BCUT2D eigenvalue weighted by Gasteiger charge is 2.13. The average molecular weight is 380 g/mol. The molecule has 136 valence electrons. The highest BCUT2D eigenvalue weighted by atomic mass is 32.1. The number of oxazole rings is 1. The maximum atomic E-state index is 12.1. The van der Waals surface area contributed by atoms with Crippen LogP contribution in [0.2, 0.25) is 0 Å². The molecule has 0 radical (unpaired) electrons. The molecule has 0 aliphatic heterocycles. The van der Waals surface area contributed by atoms with Crippen molar-refractivity contribution >= 4 is 22.9 Å². The average Bonchev–Trinajstić information content (AvgIpc) is 3.42. The van der Waals surface area contributed by atoms with Crippen molar-refractivity contribution in [2.75, 3.05) is 5.32 Å². The zero-order valence-corrected chi connectivity index (χ0v) is 15.3. The molecule has 6 nitrogen and oxygen atoms in total. The van der Waals surface area contributed by atoms with Crippen molar-refractivity contribution in [1.29, 1.82) is 0 Å². The normalized spacial score (nSPS) is 10.7. The second kappa shape index (κ2) is 7.51. The van der Waals surface area contributed by atoms with E-state index in [1.54, 1.807) is 41.7 Å². The first-order valence-corrected chi connectivity index (χ1v) is 9.15. The lowest BCUT2D eigenvalue weighted by atomic mass is 10.3. The third-order valence-electron chi connectivity index (χ3n) is 3.84. The molecule has 7 heteroatoms. The predicted molar refractivity (Wildman–Crippen MR) is 102 cm³/mol. The minimum absolute atomic E-state index is 0.251. The quantitative estimate of drug-likeness (QED) is 0.501. The van der Waals surface area contributed by atoms with Crippen LogP contribution in [0.25, 0.3) is 10.8 Å². The molecule has 1 N–H and O–H groups in total. The van der Waals surface area contributed by atoms with E-state index >= 15 is 0 Å². The Hall–Kier alpha value is -3.32. The highest BCUT2D eigenvalue weighted by molar-refractivity contribution is 7.13. The first-order chi connectivity index (χ1) is 13.2. The minimum Gasteiger partial charge on any atom is -0.487 e. The first kappa shape index (κ1) is 17.1. The number of hydrogen-bond donors (Lipinski definition) is 1. The highest BCUT2D eigenvalue weighted by Crippen LogP contribution is 2.27. The van der Waals surface area contributed by atoms with Gasteiger partial charge in [0.15, 0.2) is 5.76 Å². The Labute approximate surface area is 159 Å². The molecule has 0 aliphatic carbocycles. The molecule has 4 rings (SSSR count). The first-order valence-electron chi connectivity index (χ1n) is 8.27. The van der Waals surface area contributed by atoms with Crippen LogP contribution >= 0.6 is 11.3 Å². The fraction of sp³-hybridized carbons (Fsp3) is 0.100. The maximum absolute atomic E-state index is 12.1. The van der Waals surface area contributed by atoms with E-state index in [0.717, 1.165) is 16.3 Å². The van der Waals surface area contributed by atoms with Crippen molar-refractivity contribution in [2.24, 2.45) is 0 Å². The standard InChI is InChI=1S/C20H16N2O4S/c1-13-16(22-20(26-13)18-8-4-10-27-18)12-25-15-6-2-5-14(11-15)21-19(23)17-7-3-9-24-17/h2-11H,12H2,1H3,(H,21,23). The van der Waals surface area contributed by atoms with Gasteiger partial charge in [0.25, 0.3) is 5.91 Å². The zero-order chi connectivity index (χ0) is 18.6. The van der Waals surface area contributed by atoms with Gasteiger partial charge in [-0.05, 0) is 42.6 Å². The number of benzene rings is 1. The number of ether oxygens (including phenoxy) is 1. The molecule has 0 fully saturated rings. The van der Waals surface area contributed by atoms with E-state index in [1.165, 1.54) is 6.26 Å². The van der Waals surface area contributed by atoms with Crippen LogP contribution in [-0.2, 0) is 6.61 Å². The fourth-order valence-corrected chi connectivity index (χ4v) is 3.13. The summed E-state index contributed by atoms with van der Waals surface area (Å²) in [6, 6.07) is 14.3. The van der Waals surface area contributed by atoms with E-state index < -0.39 is 0 Å². The van der Waals surface area contributed by atoms with Gasteiger partial charge in [-0.15, -0.1) is 11.3 Å². The van der Waals surface area contributed by atoms with Gasteiger partial charge in [-0.2, -0.15) is 0 Å².